The third-order valence-electron chi connectivity index (χ3n) is 4.28. The third kappa shape index (κ3) is 9.09. The quantitative estimate of drug-likeness (QED) is 0.244. The summed E-state index contributed by atoms with van der Waals surface area (Å²) in [7, 11) is 0. The molecular weight excluding hydrogens is 499 g/mol. The van der Waals surface area contributed by atoms with Crippen LogP contribution in [0, 0.1) is 0 Å². The van der Waals surface area contributed by atoms with Gasteiger partial charge in [0.05, 0.1) is 6.10 Å². The van der Waals surface area contributed by atoms with Crippen LogP contribution in [0.5, 0.6) is 11.5 Å². The number of aromatic hydroxyl groups is 1. The number of ether oxygens (including phenoxy) is 1. The van der Waals surface area contributed by atoms with Crippen LogP contribution in [0.15, 0.2) is 18.2 Å². The molecule has 14 heteroatoms. The van der Waals surface area contributed by atoms with Crippen molar-refractivity contribution in [3.63, 3.8) is 0 Å². The number of amides is 1. The highest BCUT2D eigenvalue weighted by atomic mass is 35.5. The number of rotatable bonds is 9. The van der Waals surface area contributed by atoms with E-state index >= 15 is 0 Å². The number of nitrogens with two attached hydrogens (primary N) is 1. The number of hydrogen-bond donors (Lipinski definition) is 5. The van der Waals surface area contributed by atoms with Crippen LogP contribution in [0.1, 0.15) is 43.6 Å². The van der Waals surface area contributed by atoms with Crippen LogP contribution in [0.3, 0.4) is 0 Å². The zero-order valence-corrected chi connectivity index (χ0v) is 19.5. The molecule has 194 valence electrons. The lowest BCUT2D eigenvalue weighted by atomic mass is 10.1. The zero-order chi connectivity index (χ0) is 26.9. The molecule has 6 N–H and O–H groups in total. The van der Waals surface area contributed by atoms with Gasteiger partial charge < -0.3 is 31.1 Å². The second kappa shape index (κ2) is 13.0. The van der Waals surface area contributed by atoms with Crippen molar-refractivity contribution in [3.05, 3.63) is 29.0 Å². The van der Waals surface area contributed by atoms with Crippen molar-refractivity contribution in [2.24, 2.45) is 5.73 Å². The van der Waals surface area contributed by atoms with Crippen LogP contribution < -0.4 is 15.8 Å². The first-order valence-electron chi connectivity index (χ1n) is 10.2. The van der Waals surface area contributed by atoms with E-state index in [1.54, 1.807) is 18.2 Å². The lowest BCUT2D eigenvalue weighted by Crippen LogP contribution is -2.41. The van der Waals surface area contributed by atoms with Crippen LogP contribution in [0.25, 0.3) is 10.8 Å². The number of aromatic nitrogens is 1. The second-order valence-electron chi connectivity index (χ2n) is 7.43. The minimum absolute atomic E-state index is 0.00200. The van der Waals surface area contributed by atoms with Gasteiger partial charge in [-0.25, -0.2) is 14.6 Å². The van der Waals surface area contributed by atoms with Crippen molar-refractivity contribution < 1.29 is 47.6 Å². The highest BCUT2D eigenvalue weighted by molar-refractivity contribution is 6.35. The molecule has 0 radical (unpaired) electrons. The maximum atomic E-state index is 12.5. The number of nitrogens with zero attached hydrogens (tertiary/aromatic N) is 1. The molecule has 1 amide bonds. The van der Waals surface area contributed by atoms with Gasteiger partial charge in [0.15, 0.2) is 11.4 Å². The maximum absolute atomic E-state index is 12.5. The molecule has 35 heavy (non-hydrogen) atoms. The number of carboxylic acids is 2. The number of benzene rings is 1. The van der Waals surface area contributed by atoms with Gasteiger partial charge >= 0.3 is 18.1 Å². The Balaban J connectivity index is 0.000000762. The fourth-order valence-corrected chi connectivity index (χ4v) is 2.96. The number of carbonyl (C=O) groups is 3. The molecule has 0 saturated heterocycles. The molecule has 0 aliphatic heterocycles. The molecule has 0 unspecified atom stereocenters. The SMILES string of the molecule is CC(C)Oc1ccc2c(O)c(C(=O)N[C@@H](CCCCN)C(=O)O)nc(Cl)c2c1.O=C(O)C(F)(F)F. The third-order valence-corrected chi connectivity index (χ3v) is 4.57. The largest absolute Gasteiger partial charge is 0.505 e. The molecular formula is C21H25ClF3N3O7. The summed E-state index contributed by atoms with van der Waals surface area (Å²) in [5.74, 6) is -4.57. The van der Waals surface area contributed by atoms with Crippen molar-refractivity contribution >= 4 is 40.2 Å². The Bertz CT molecular complexity index is 1060. The molecule has 2 aromatic rings. The standard InChI is InChI=1S/C19H24ClN3O5.C2HF3O2/c1-10(2)28-11-6-7-12-13(9-11)17(20)23-15(16(12)24)18(25)22-14(19(26)27)5-3-4-8-21;3-2(4,5)1(6)7/h6-7,9-10,14,24H,3-5,8,21H2,1-2H3,(H,22,25)(H,26,27);(H,6,7)/t14-;/m0./s1. The van der Waals surface area contributed by atoms with Crippen molar-refractivity contribution in [2.45, 2.75) is 51.4 Å². The predicted octanol–water partition coefficient (Wildman–Crippen LogP) is 3.33. The number of aliphatic carboxylic acids is 2. The van der Waals surface area contributed by atoms with Gasteiger partial charge in [-0.2, -0.15) is 13.2 Å². The highest BCUT2D eigenvalue weighted by Gasteiger charge is 2.38. The lowest BCUT2D eigenvalue weighted by Gasteiger charge is -2.16. The van der Waals surface area contributed by atoms with Crippen LogP contribution in [-0.2, 0) is 9.59 Å². The van der Waals surface area contributed by atoms with Crippen LogP contribution in [0.2, 0.25) is 5.15 Å². The van der Waals surface area contributed by atoms with E-state index in [-0.39, 0.29) is 29.1 Å². The van der Waals surface area contributed by atoms with Crippen LogP contribution >= 0.6 is 11.6 Å². The van der Waals surface area contributed by atoms with Gasteiger partial charge in [-0.15, -0.1) is 0 Å². The van der Waals surface area contributed by atoms with Crippen LogP contribution in [-0.4, -0.2) is 63.0 Å². The Morgan fingerprint density at radius 2 is 1.77 bits per heavy atom. The minimum Gasteiger partial charge on any atom is -0.505 e. The minimum atomic E-state index is -5.08. The molecule has 1 atom stereocenters. The number of alkyl halides is 3. The molecule has 10 nitrogen and oxygen atoms in total. The van der Waals surface area contributed by atoms with Crippen molar-refractivity contribution in [2.75, 3.05) is 6.54 Å². The summed E-state index contributed by atoms with van der Waals surface area (Å²) in [6.45, 7) is 4.19. The molecule has 0 aliphatic carbocycles. The molecule has 0 aliphatic rings. The summed E-state index contributed by atoms with van der Waals surface area (Å²) in [4.78, 5) is 36.8. The van der Waals surface area contributed by atoms with E-state index < -0.39 is 30.1 Å². The Morgan fingerprint density at radius 3 is 2.26 bits per heavy atom. The molecule has 0 saturated carbocycles. The number of unbranched alkanes of at least 4 members (excludes halogenated alkanes) is 1. The second-order valence-corrected chi connectivity index (χ2v) is 7.78. The fourth-order valence-electron chi connectivity index (χ4n) is 2.72. The van der Waals surface area contributed by atoms with E-state index in [2.05, 4.69) is 10.3 Å². The molecule has 0 fully saturated rings. The van der Waals surface area contributed by atoms with E-state index in [1.807, 2.05) is 13.8 Å². The van der Waals surface area contributed by atoms with E-state index in [9.17, 15) is 33.0 Å². The first kappa shape index (κ1) is 29.7. The van der Waals surface area contributed by atoms with Crippen molar-refractivity contribution in [1.29, 1.82) is 0 Å². The number of nitrogens with one attached hydrogen (secondary N) is 1. The molecule has 0 bridgehead atoms. The molecule has 1 heterocycles. The molecule has 0 spiro atoms. The summed E-state index contributed by atoms with van der Waals surface area (Å²) in [5.41, 5.74) is 5.07. The number of carbonyl (C=O) groups excluding carboxylic acids is 1. The van der Waals surface area contributed by atoms with Crippen LogP contribution in [0.4, 0.5) is 13.2 Å². The number of carboxylic acid groups (broad SMARTS) is 2. The monoisotopic (exact) mass is 523 g/mol. The summed E-state index contributed by atoms with van der Waals surface area (Å²) in [6, 6.07) is 3.73. The normalized spacial score (nSPS) is 12.0. The Labute approximate surface area is 202 Å². The highest BCUT2D eigenvalue weighted by Crippen LogP contribution is 2.34. The topological polar surface area (TPSA) is 172 Å². The summed E-state index contributed by atoms with van der Waals surface area (Å²) < 4.78 is 37.3. The first-order chi connectivity index (χ1) is 16.2. The smallest absolute Gasteiger partial charge is 0.490 e. The van der Waals surface area contributed by atoms with E-state index in [1.165, 1.54) is 0 Å². The van der Waals surface area contributed by atoms with Crippen molar-refractivity contribution in [1.82, 2.24) is 10.3 Å². The number of pyridine rings is 1. The molecule has 2 rings (SSSR count). The Morgan fingerprint density at radius 1 is 1.17 bits per heavy atom. The first-order valence-corrected chi connectivity index (χ1v) is 10.6. The molecule has 1 aromatic carbocycles. The van der Waals surface area contributed by atoms with Gasteiger partial charge in [0.1, 0.15) is 16.9 Å². The van der Waals surface area contributed by atoms with Gasteiger partial charge in [0.25, 0.3) is 5.91 Å². The zero-order valence-electron chi connectivity index (χ0n) is 18.7. The van der Waals surface area contributed by atoms with Gasteiger partial charge in [0, 0.05) is 10.8 Å². The summed E-state index contributed by atoms with van der Waals surface area (Å²) in [6.07, 6.45) is -3.72. The van der Waals surface area contributed by atoms with Gasteiger partial charge in [-0.1, -0.05) is 11.6 Å². The average molecular weight is 524 g/mol. The van der Waals surface area contributed by atoms with Gasteiger partial charge in [-0.05, 0) is 57.9 Å². The number of halogens is 4. The average Bonchev–Trinajstić information content (AvgIpc) is 2.74. The Hall–Kier alpha value is -3.32. The summed E-state index contributed by atoms with van der Waals surface area (Å²) in [5, 5.41) is 30.0. The van der Waals surface area contributed by atoms with E-state index in [0.29, 0.717) is 35.9 Å². The van der Waals surface area contributed by atoms with Crippen molar-refractivity contribution in [3.8, 4) is 11.5 Å². The van der Waals surface area contributed by atoms with E-state index in [4.69, 9.17) is 32.0 Å². The maximum Gasteiger partial charge on any atom is 0.490 e. The lowest BCUT2D eigenvalue weighted by molar-refractivity contribution is -0.192. The fraction of sp³-hybridized carbons (Fsp3) is 0.429. The van der Waals surface area contributed by atoms with Gasteiger partial charge in [0.2, 0.25) is 0 Å². The summed E-state index contributed by atoms with van der Waals surface area (Å²) >= 11 is 6.20. The Kier molecular flexibility index (Phi) is 11.0. The predicted molar refractivity (Wildman–Crippen MR) is 120 cm³/mol. The molecule has 1 aromatic heterocycles. The van der Waals surface area contributed by atoms with Gasteiger partial charge in [-0.3, -0.25) is 4.79 Å². The van der Waals surface area contributed by atoms with E-state index in [0.717, 1.165) is 0 Å². The number of fused-ring (bicyclic) bond motifs is 1. The number of hydrogen-bond acceptors (Lipinski definition) is 7.